The van der Waals surface area contributed by atoms with Gasteiger partial charge in [0, 0.05) is 38.3 Å². The summed E-state index contributed by atoms with van der Waals surface area (Å²) in [4.78, 5) is 24.9. The number of hydrogen-bond acceptors (Lipinski definition) is 6. The number of rotatable bonds is 5. The molecule has 7 nitrogen and oxygen atoms in total. The Morgan fingerprint density at radius 3 is 2.67 bits per heavy atom. The SMILES string of the molecule is COc1ccc(/C=C/CN2CCc3c(nc(N4C[C@@H](C)O[C@@H](C)C4)[nH]c3=O)C2)cc1. The number of aromatic amines is 1. The van der Waals surface area contributed by atoms with Gasteiger partial charge < -0.3 is 14.4 Å². The van der Waals surface area contributed by atoms with Crippen LogP contribution in [0, 0.1) is 0 Å². The number of morpholine rings is 1. The molecule has 7 heteroatoms. The Labute approximate surface area is 177 Å². The lowest BCUT2D eigenvalue weighted by Gasteiger charge is -2.36. The van der Waals surface area contributed by atoms with Gasteiger partial charge >= 0.3 is 0 Å². The van der Waals surface area contributed by atoms with Crippen molar-refractivity contribution in [2.24, 2.45) is 0 Å². The summed E-state index contributed by atoms with van der Waals surface area (Å²) in [5.41, 5.74) is 2.85. The minimum absolute atomic E-state index is 0.00442. The van der Waals surface area contributed by atoms with Gasteiger partial charge in [-0.3, -0.25) is 14.7 Å². The third-order valence-electron chi connectivity index (χ3n) is 5.65. The molecule has 0 unspecified atom stereocenters. The average molecular weight is 411 g/mol. The van der Waals surface area contributed by atoms with E-state index in [1.165, 1.54) is 0 Å². The molecule has 0 saturated carbocycles. The standard InChI is InChI=1S/C23H30N4O3/c1-16-13-27(14-17(2)30-16)23-24-21-15-26(12-10-20(21)22(28)25-23)11-4-5-18-6-8-19(29-3)9-7-18/h4-9,16-17H,10-15H2,1-3H3,(H,24,25,28)/b5-4+/t16-,17+. The van der Waals surface area contributed by atoms with Crippen LogP contribution in [0.15, 0.2) is 35.1 Å². The number of H-pyrrole nitrogens is 1. The fourth-order valence-electron chi connectivity index (χ4n) is 4.19. The molecule has 3 heterocycles. The largest absolute Gasteiger partial charge is 0.497 e. The monoisotopic (exact) mass is 410 g/mol. The van der Waals surface area contributed by atoms with Gasteiger partial charge in [-0.1, -0.05) is 24.3 Å². The molecule has 4 rings (SSSR count). The van der Waals surface area contributed by atoms with Crippen molar-refractivity contribution in [3.8, 4) is 5.75 Å². The van der Waals surface area contributed by atoms with Crippen LogP contribution in [0.3, 0.4) is 0 Å². The first-order valence-electron chi connectivity index (χ1n) is 10.6. The van der Waals surface area contributed by atoms with Crippen molar-refractivity contribution >= 4 is 12.0 Å². The molecule has 2 aromatic rings. The Hall–Kier alpha value is -2.64. The van der Waals surface area contributed by atoms with E-state index in [1.807, 2.05) is 24.3 Å². The highest BCUT2D eigenvalue weighted by Gasteiger charge is 2.26. The van der Waals surface area contributed by atoms with Gasteiger partial charge in [-0.25, -0.2) is 4.98 Å². The van der Waals surface area contributed by atoms with Gasteiger partial charge in [0.05, 0.1) is 25.0 Å². The van der Waals surface area contributed by atoms with Crippen molar-refractivity contribution in [2.75, 3.05) is 38.2 Å². The lowest BCUT2D eigenvalue weighted by Crippen LogP contribution is -2.47. The Morgan fingerprint density at radius 2 is 1.97 bits per heavy atom. The predicted octanol–water partition coefficient (Wildman–Crippen LogP) is 2.46. The third kappa shape index (κ3) is 4.74. The Morgan fingerprint density at radius 1 is 1.23 bits per heavy atom. The molecule has 2 aliphatic heterocycles. The first-order valence-corrected chi connectivity index (χ1v) is 10.6. The summed E-state index contributed by atoms with van der Waals surface area (Å²) in [5, 5.41) is 0. The van der Waals surface area contributed by atoms with Gasteiger partial charge in [0.2, 0.25) is 5.95 Å². The van der Waals surface area contributed by atoms with Gasteiger partial charge in [-0.15, -0.1) is 0 Å². The normalized spacial score (nSPS) is 22.3. The molecule has 0 bridgehead atoms. The number of fused-ring (bicyclic) bond motifs is 1. The van der Waals surface area contributed by atoms with Crippen LogP contribution in [0.25, 0.3) is 6.08 Å². The average Bonchev–Trinajstić information content (AvgIpc) is 2.73. The number of hydrogen-bond donors (Lipinski definition) is 1. The van der Waals surface area contributed by atoms with Crippen molar-refractivity contribution in [3.63, 3.8) is 0 Å². The molecule has 1 fully saturated rings. The zero-order valence-corrected chi connectivity index (χ0v) is 17.9. The zero-order valence-electron chi connectivity index (χ0n) is 17.9. The number of methoxy groups -OCH3 is 1. The maximum atomic E-state index is 12.7. The number of benzene rings is 1. The van der Waals surface area contributed by atoms with Crippen LogP contribution in [-0.2, 0) is 17.7 Å². The molecular weight excluding hydrogens is 380 g/mol. The van der Waals surface area contributed by atoms with Crippen molar-refractivity contribution in [1.29, 1.82) is 0 Å². The highest BCUT2D eigenvalue weighted by molar-refractivity contribution is 5.50. The fourth-order valence-corrected chi connectivity index (χ4v) is 4.19. The van der Waals surface area contributed by atoms with Crippen LogP contribution in [0.4, 0.5) is 5.95 Å². The maximum Gasteiger partial charge on any atom is 0.255 e. The quantitative estimate of drug-likeness (QED) is 0.817. The van der Waals surface area contributed by atoms with Crippen molar-refractivity contribution < 1.29 is 9.47 Å². The molecule has 1 aromatic heterocycles. The molecular formula is C23H30N4O3. The predicted molar refractivity (Wildman–Crippen MR) is 118 cm³/mol. The molecule has 1 saturated heterocycles. The molecule has 0 spiro atoms. The molecule has 0 amide bonds. The van der Waals surface area contributed by atoms with Gasteiger partial charge in [0.1, 0.15) is 5.75 Å². The summed E-state index contributed by atoms with van der Waals surface area (Å²) in [6.07, 6.45) is 5.24. The highest BCUT2D eigenvalue weighted by atomic mass is 16.5. The van der Waals surface area contributed by atoms with E-state index >= 15 is 0 Å². The number of ether oxygens (including phenoxy) is 2. The number of aromatic nitrogens is 2. The summed E-state index contributed by atoms with van der Waals surface area (Å²) >= 11 is 0. The maximum absolute atomic E-state index is 12.7. The third-order valence-corrected chi connectivity index (χ3v) is 5.65. The van der Waals surface area contributed by atoms with E-state index in [9.17, 15) is 4.79 Å². The van der Waals surface area contributed by atoms with Crippen LogP contribution in [0.5, 0.6) is 5.75 Å². The molecule has 2 aliphatic rings. The van der Waals surface area contributed by atoms with Crippen LogP contribution in [0.2, 0.25) is 0 Å². The van der Waals surface area contributed by atoms with E-state index in [1.54, 1.807) is 7.11 Å². The van der Waals surface area contributed by atoms with Crippen molar-refractivity contribution in [3.05, 3.63) is 57.5 Å². The second kappa shape index (κ2) is 9.02. The summed E-state index contributed by atoms with van der Waals surface area (Å²) in [6, 6.07) is 8.00. The summed E-state index contributed by atoms with van der Waals surface area (Å²) in [5.74, 6) is 1.52. The molecule has 1 aromatic carbocycles. The second-order valence-corrected chi connectivity index (χ2v) is 8.14. The second-order valence-electron chi connectivity index (χ2n) is 8.14. The van der Waals surface area contributed by atoms with E-state index in [4.69, 9.17) is 14.5 Å². The first-order chi connectivity index (χ1) is 14.5. The first kappa shape index (κ1) is 20.6. The lowest BCUT2D eigenvalue weighted by atomic mass is 10.1. The van der Waals surface area contributed by atoms with Gasteiger partial charge in [0.25, 0.3) is 5.56 Å². The number of anilines is 1. The molecule has 30 heavy (non-hydrogen) atoms. The Kier molecular flexibility index (Phi) is 6.20. The van der Waals surface area contributed by atoms with E-state index in [0.29, 0.717) is 12.5 Å². The van der Waals surface area contributed by atoms with Crippen LogP contribution < -0.4 is 15.2 Å². The van der Waals surface area contributed by atoms with Crippen LogP contribution in [-0.4, -0.2) is 60.4 Å². The van der Waals surface area contributed by atoms with Gasteiger partial charge in [0.15, 0.2) is 0 Å². The van der Waals surface area contributed by atoms with Crippen LogP contribution >= 0.6 is 0 Å². The minimum atomic E-state index is -0.00442. The van der Waals surface area contributed by atoms with E-state index in [0.717, 1.165) is 55.2 Å². The molecule has 0 radical (unpaired) electrons. The summed E-state index contributed by atoms with van der Waals surface area (Å²) < 4.78 is 11.0. The van der Waals surface area contributed by atoms with Gasteiger partial charge in [-0.05, 0) is 38.0 Å². The summed E-state index contributed by atoms with van der Waals surface area (Å²) in [7, 11) is 1.67. The van der Waals surface area contributed by atoms with E-state index < -0.39 is 0 Å². The number of nitrogens with one attached hydrogen (secondary N) is 1. The summed E-state index contributed by atoms with van der Waals surface area (Å²) in [6.45, 7) is 7.94. The van der Waals surface area contributed by atoms with E-state index in [2.05, 4.69) is 40.8 Å². The lowest BCUT2D eigenvalue weighted by molar-refractivity contribution is -0.00576. The highest BCUT2D eigenvalue weighted by Crippen LogP contribution is 2.20. The van der Waals surface area contributed by atoms with E-state index in [-0.39, 0.29) is 17.8 Å². The van der Waals surface area contributed by atoms with Crippen molar-refractivity contribution in [1.82, 2.24) is 14.9 Å². The van der Waals surface area contributed by atoms with Crippen molar-refractivity contribution in [2.45, 2.75) is 39.0 Å². The number of nitrogens with zero attached hydrogens (tertiary/aromatic N) is 3. The topological polar surface area (TPSA) is 70.7 Å². The fraction of sp³-hybridized carbons (Fsp3) is 0.478. The van der Waals surface area contributed by atoms with Gasteiger partial charge in [-0.2, -0.15) is 0 Å². The Bertz CT molecular complexity index is 944. The minimum Gasteiger partial charge on any atom is -0.497 e. The Balaban J connectivity index is 1.44. The smallest absolute Gasteiger partial charge is 0.255 e. The molecule has 160 valence electrons. The molecule has 1 N–H and O–H groups in total. The molecule has 0 aliphatic carbocycles. The van der Waals surface area contributed by atoms with Crippen LogP contribution in [0.1, 0.15) is 30.7 Å². The zero-order chi connectivity index (χ0) is 21.1. The molecule has 2 atom stereocenters.